The van der Waals surface area contributed by atoms with Crippen LogP contribution in [0.2, 0.25) is 0 Å². The predicted octanol–water partition coefficient (Wildman–Crippen LogP) is 1.24. The minimum absolute atomic E-state index is 0.682. The smallest absolute Gasteiger partial charge is 0.0622 e. The largest absolute Gasteiger partial charge is 0.380 e. The molecular formula is C12H24N2O. The summed E-state index contributed by atoms with van der Waals surface area (Å²) >= 11 is 0. The van der Waals surface area contributed by atoms with Crippen LogP contribution in [0.25, 0.3) is 0 Å². The van der Waals surface area contributed by atoms with Gasteiger partial charge >= 0.3 is 0 Å². The van der Waals surface area contributed by atoms with Crippen molar-refractivity contribution >= 4 is 0 Å². The Morgan fingerprint density at radius 1 is 1.27 bits per heavy atom. The molecule has 88 valence electrons. The molecule has 1 aliphatic heterocycles. The lowest BCUT2D eigenvalue weighted by Gasteiger charge is -2.22. The van der Waals surface area contributed by atoms with E-state index in [0.29, 0.717) is 6.04 Å². The molecule has 1 N–H and O–H groups in total. The molecular weight excluding hydrogens is 188 g/mol. The highest BCUT2D eigenvalue weighted by Crippen LogP contribution is 2.18. The fourth-order valence-electron chi connectivity index (χ4n) is 2.13. The maximum atomic E-state index is 5.39. The fraction of sp³-hybridized carbons (Fsp3) is 1.00. The van der Waals surface area contributed by atoms with E-state index >= 15 is 0 Å². The minimum Gasteiger partial charge on any atom is -0.380 e. The second-order valence-electron chi connectivity index (χ2n) is 4.93. The molecule has 15 heavy (non-hydrogen) atoms. The molecule has 0 spiro atoms. The van der Waals surface area contributed by atoms with Gasteiger partial charge in [0.2, 0.25) is 0 Å². The Morgan fingerprint density at radius 3 is 2.80 bits per heavy atom. The Balaban J connectivity index is 1.45. The zero-order valence-electron chi connectivity index (χ0n) is 9.87. The van der Waals surface area contributed by atoms with Crippen LogP contribution in [-0.4, -0.2) is 50.3 Å². The Hall–Kier alpha value is -0.120. The Kier molecular flexibility index (Phi) is 4.42. The quantitative estimate of drug-likeness (QED) is 0.643. The summed E-state index contributed by atoms with van der Waals surface area (Å²) in [5.74, 6) is 0. The van der Waals surface area contributed by atoms with Crippen molar-refractivity contribution in [1.82, 2.24) is 10.2 Å². The van der Waals surface area contributed by atoms with Crippen molar-refractivity contribution in [2.75, 3.05) is 33.4 Å². The third-order valence-corrected chi connectivity index (χ3v) is 3.48. The van der Waals surface area contributed by atoms with Crippen LogP contribution in [0.5, 0.6) is 0 Å². The number of nitrogens with one attached hydrogen (secondary N) is 1. The van der Waals surface area contributed by atoms with E-state index in [1.54, 1.807) is 0 Å². The number of ether oxygens (including phenoxy) is 1. The van der Waals surface area contributed by atoms with E-state index < -0.39 is 0 Å². The molecule has 1 unspecified atom stereocenters. The van der Waals surface area contributed by atoms with E-state index in [0.717, 1.165) is 19.3 Å². The van der Waals surface area contributed by atoms with Gasteiger partial charge in [-0.15, -0.1) is 0 Å². The summed E-state index contributed by atoms with van der Waals surface area (Å²) < 4.78 is 5.39. The highest BCUT2D eigenvalue weighted by molar-refractivity contribution is 4.80. The lowest BCUT2D eigenvalue weighted by atomic mass is 10.2. The van der Waals surface area contributed by atoms with Gasteiger partial charge in [-0.25, -0.2) is 0 Å². The van der Waals surface area contributed by atoms with Gasteiger partial charge in [-0.05, 0) is 52.2 Å². The van der Waals surface area contributed by atoms with Crippen LogP contribution in [0.4, 0.5) is 0 Å². The van der Waals surface area contributed by atoms with Crippen LogP contribution in [0.1, 0.15) is 32.1 Å². The molecule has 0 aromatic heterocycles. The highest BCUT2D eigenvalue weighted by atomic mass is 16.5. The second-order valence-corrected chi connectivity index (χ2v) is 4.93. The lowest BCUT2D eigenvalue weighted by Crippen LogP contribution is -2.33. The summed E-state index contributed by atoms with van der Waals surface area (Å²) in [6.45, 7) is 4.33. The van der Waals surface area contributed by atoms with Crippen molar-refractivity contribution in [3.8, 4) is 0 Å². The van der Waals surface area contributed by atoms with Gasteiger partial charge < -0.3 is 15.0 Å². The maximum absolute atomic E-state index is 5.39. The molecule has 2 fully saturated rings. The molecule has 1 atom stereocenters. The monoisotopic (exact) mass is 212 g/mol. The van der Waals surface area contributed by atoms with E-state index in [4.69, 9.17) is 4.74 Å². The first-order valence-electron chi connectivity index (χ1n) is 6.37. The Morgan fingerprint density at radius 2 is 2.13 bits per heavy atom. The number of rotatable bonds is 7. The Bertz CT molecular complexity index is 176. The predicted molar refractivity (Wildman–Crippen MR) is 62.1 cm³/mol. The van der Waals surface area contributed by atoms with Crippen molar-refractivity contribution in [2.24, 2.45) is 0 Å². The normalized spacial score (nSPS) is 26.4. The second kappa shape index (κ2) is 5.83. The molecule has 0 aromatic rings. The van der Waals surface area contributed by atoms with Gasteiger partial charge in [0.1, 0.15) is 0 Å². The summed E-state index contributed by atoms with van der Waals surface area (Å²) in [4.78, 5) is 2.46. The van der Waals surface area contributed by atoms with Crippen molar-refractivity contribution in [2.45, 2.75) is 44.2 Å². The van der Waals surface area contributed by atoms with Crippen LogP contribution in [0.15, 0.2) is 0 Å². The van der Waals surface area contributed by atoms with E-state index in [-0.39, 0.29) is 0 Å². The fourth-order valence-corrected chi connectivity index (χ4v) is 2.13. The molecule has 2 rings (SSSR count). The third kappa shape index (κ3) is 4.09. The first-order valence-corrected chi connectivity index (χ1v) is 6.37. The van der Waals surface area contributed by atoms with E-state index in [9.17, 15) is 0 Å². The van der Waals surface area contributed by atoms with Gasteiger partial charge in [0.15, 0.2) is 0 Å². The zero-order valence-corrected chi connectivity index (χ0v) is 9.87. The van der Waals surface area contributed by atoms with Crippen molar-refractivity contribution < 1.29 is 4.74 Å². The number of hydrogen-bond acceptors (Lipinski definition) is 3. The van der Waals surface area contributed by atoms with Crippen molar-refractivity contribution in [1.29, 1.82) is 0 Å². The molecule has 0 amide bonds. The molecule has 2 aliphatic rings. The number of nitrogens with zero attached hydrogens (tertiary/aromatic N) is 1. The standard InChI is InChI=1S/C12H24N2O/c1-14(12-6-9-15-10-12)8-3-2-7-13-11-4-5-11/h11-13H,2-10H2,1H3. The molecule has 0 bridgehead atoms. The summed E-state index contributed by atoms with van der Waals surface area (Å²) in [6.07, 6.45) is 6.65. The van der Waals surface area contributed by atoms with Gasteiger partial charge in [0, 0.05) is 18.7 Å². The van der Waals surface area contributed by atoms with Crippen LogP contribution < -0.4 is 5.32 Å². The van der Waals surface area contributed by atoms with Crippen LogP contribution >= 0.6 is 0 Å². The molecule has 3 heteroatoms. The number of unbranched alkanes of at least 4 members (excludes halogenated alkanes) is 1. The molecule has 1 saturated heterocycles. The average molecular weight is 212 g/mol. The number of likely N-dealkylation sites (N-methyl/N-ethyl adjacent to an activating group) is 1. The number of hydrogen-bond donors (Lipinski definition) is 1. The van der Waals surface area contributed by atoms with E-state index in [1.807, 2.05) is 0 Å². The van der Waals surface area contributed by atoms with Crippen molar-refractivity contribution in [3.05, 3.63) is 0 Å². The van der Waals surface area contributed by atoms with Crippen LogP contribution in [0.3, 0.4) is 0 Å². The van der Waals surface area contributed by atoms with Gasteiger partial charge in [-0.1, -0.05) is 0 Å². The van der Waals surface area contributed by atoms with Crippen LogP contribution in [0, 0.1) is 0 Å². The first kappa shape index (κ1) is 11.4. The third-order valence-electron chi connectivity index (χ3n) is 3.48. The molecule has 0 radical (unpaired) electrons. The molecule has 1 heterocycles. The molecule has 0 aromatic carbocycles. The van der Waals surface area contributed by atoms with E-state index in [1.165, 1.54) is 45.2 Å². The van der Waals surface area contributed by atoms with Gasteiger partial charge in [0.25, 0.3) is 0 Å². The summed E-state index contributed by atoms with van der Waals surface area (Å²) in [5, 5.41) is 3.56. The highest BCUT2D eigenvalue weighted by Gasteiger charge is 2.20. The summed E-state index contributed by atoms with van der Waals surface area (Å²) in [5.41, 5.74) is 0. The van der Waals surface area contributed by atoms with Gasteiger partial charge in [-0.2, -0.15) is 0 Å². The molecule has 1 saturated carbocycles. The summed E-state index contributed by atoms with van der Waals surface area (Å²) in [6, 6.07) is 1.55. The first-order chi connectivity index (χ1) is 7.36. The van der Waals surface area contributed by atoms with Crippen molar-refractivity contribution in [3.63, 3.8) is 0 Å². The summed E-state index contributed by atoms with van der Waals surface area (Å²) in [7, 11) is 2.23. The lowest BCUT2D eigenvalue weighted by molar-refractivity contribution is 0.158. The van der Waals surface area contributed by atoms with Gasteiger partial charge in [-0.3, -0.25) is 0 Å². The Labute approximate surface area is 93.2 Å². The van der Waals surface area contributed by atoms with Gasteiger partial charge in [0.05, 0.1) is 6.61 Å². The molecule has 3 nitrogen and oxygen atoms in total. The maximum Gasteiger partial charge on any atom is 0.0622 e. The average Bonchev–Trinajstić information content (AvgIpc) is 2.90. The van der Waals surface area contributed by atoms with E-state index in [2.05, 4.69) is 17.3 Å². The minimum atomic E-state index is 0.682. The zero-order chi connectivity index (χ0) is 10.5. The van der Waals surface area contributed by atoms with Crippen LogP contribution in [-0.2, 0) is 4.74 Å². The topological polar surface area (TPSA) is 24.5 Å². The SMILES string of the molecule is CN(CCCCNC1CC1)C1CCOC1. The molecule has 1 aliphatic carbocycles.